The summed E-state index contributed by atoms with van der Waals surface area (Å²) in [6, 6.07) is 0. The molecule has 11 unspecified atom stereocenters. The third-order valence-corrected chi connectivity index (χ3v) is 7.66. The molecule has 2 saturated heterocycles. The molecule has 276 valence electrons. The first kappa shape index (κ1) is 42.1. The van der Waals surface area contributed by atoms with E-state index in [9.17, 15) is 40.5 Å². The number of aliphatic hydroxyl groups is 7. The number of unbranched alkanes of at least 4 members (excludes halogenated alkanes) is 1. The Balaban J connectivity index is 1.77. The first-order valence-corrected chi connectivity index (χ1v) is 16.7. The van der Waals surface area contributed by atoms with Crippen LogP contribution in [0.1, 0.15) is 58.8 Å². The Labute approximate surface area is 282 Å². The fourth-order valence-corrected chi connectivity index (χ4v) is 4.79. The SMILES string of the molecule is CC/C=C\C/C=C\C/C=C\C/C=C\CCCOCC(COC1OC(COC2OC(CO)C(O)C(O)C2O)C(O)C(O)C1O)OC(=O)CC. The quantitative estimate of drug-likeness (QED) is 0.0470. The third kappa shape index (κ3) is 14.8. The highest BCUT2D eigenvalue weighted by atomic mass is 16.7. The van der Waals surface area contributed by atoms with Gasteiger partial charge in [-0.2, -0.15) is 0 Å². The van der Waals surface area contributed by atoms with Crippen LogP contribution in [0, 0.1) is 0 Å². The lowest BCUT2D eigenvalue weighted by atomic mass is 9.98. The lowest BCUT2D eigenvalue weighted by molar-refractivity contribution is -0.332. The molecule has 14 heteroatoms. The Bertz CT molecular complexity index is 985. The van der Waals surface area contributed by atoms with Crippen LogP contribution in [0.5, 0.6) is 0 Å². The van der Waals surface area contributed by atoms with Gasteiger partial charge in [-0.25, -0.2) is 0 Å². The molecule has 0 aliphatic carbocycles. The first-order chi connectivity index (χ1) is 23.1. The molecule has 2 fully saturated rings. The second kappa shape index (κ2) is 24.2. The number of carbonyl (C=O) groups is 1. The predicted octanol–water partition coefficient (Wildman–Crippen LogP) is 0.551. The van der Waals surface area contributed by atoms with Gasteiger partial charge in [0.1, 0.15) is 54.9 Å². The van der Waals surface area contributed by atoms with Crippen molar-refractivity contribution >= 4 is 5.97 Å². The molecule has 48 heavy (non-hydrogen) atoms. The van der Waals surface area contributed by atoms with E-state index < -0.39 is 86.7 Å². The van der Waals surface area contributed by atoms with E-state index >= 15 is 0 Å². The Morgan fingerprint density at radius 3 is 1.81 bits per heavy atom. The molecule has 0 saturated carbocycles. The number of hydrogen-bond donors (Lipinski definition) is 7. The minimum Gasteiger partial charge on any atom is -0.457 e. The second-order valence-corrected chi connectivity index (χ2v) is 11.6. The van der Waals surface area contributed by atoms with E-state index in [2.05, 4.69) is 55.5 Å². The monoisotopic (exact) mass is 688 g/mol. The summed E-state index contributed by atoms with van der Waals surface area (Å²) in [6.07, 6.45) is 6.20. The van der Waals surface area contributed by atoms with Gasteiger partial charge in [-0.1, -0.05) is 62.5 Å². The van der Waals surface area contributed by atoms with Crippen LogP contribution in [-0.4, -0.2) is 142 Å². The Hall–Kier alpha value is -2.05. The highest BCUT2D eigenvalue weighted by molar-refractivity contribution is 5.69. The molecule has 2 aliphatic rings. The van der Waals surface area contributed by atoms with Crippen LogP contribution in [0.15, 0.2) is 48.6 Å². The highest BCUT2D eigenvalue weighted by Gasteiger charge is 2.47. The fraction of sp³-hybridized carbons (Fsp3) is 0.735. The van der Waals surface area contributed by atoms with Crippen molar-refractivity contribution in [1.29, 1.82) is 0 Å². The van der Waals surface area contributed by atoms with Crippen LogP contribution in [0.25, 0.3) is 0 Å². The molecule has 11 atom stereocenters. The van der Waals surface area contributed by atoms with Gasteiger partial charge in [-0.05, 0) is 38.5 Å². The molecule has 2 heterocycles. The molecular weight excluding hydrogens is 632 g/mol. The molecule has 0 radical (unpaired) electrons. The van der Waals surface area contributed by atoms with Crippen LogP contribution in [-0.2, 0) is 33.2 Å². The summed E-state index contributed by atoms with van der Waals surface area (Å²) in [6.45, 7) is 2.76. The maximum atomic E-state index is 12.0. The van der Waals surface area contributed by atoms with Gasteiger partial charge < -0.3 is 64.2 Å². The van der Waals surface area contributed by atoms with Crippen LogP contribution in [0.4, 0.5) is 0 Å². The Morgan fingerprint density at radius 1 is 0.688 bits per heavy atom. The van der Waals surface area contributed by atoms with Crippen molar-refractivity contribution in [2.45, 2.75) is 126 Å². The Kier molecular flexibility index (Phi) is 21.2. The lowest BCUT2D eigenvalue weighted by Crippen LogP contribution is -2.61. The Morgan fingerprint density at radius 2 is 1.23 bits per heavy atom. The summed E-state index contributed by atoms with van der Waals surface area (Å²) in [5.74, 6) is -0.488. The molecule has 0 spiro atoms. The van der Waals surface area contributed by atoms with Gasteiger partial charge >= 0.3 is 5.97 Å². The third-order valence-electron chi connectivity index (χ3n) is 7.66. The maximum absolute atomic E-state index is 12.0. The van der Waals surface area contributed by atoms with E-state index in [1.54, 1.807) is 6.92 Å². The van der Waals surface area contributed by atoms with Crippen molar-refractivity contribution in [2.75, 3.05) is 33.0 Å². The van der Waals surface area contributed by atoms with Gasteiger partial charge in [-0.15, -0.1) is 0 Å². The molecule has 2 rings (SSSR count). The number of ether oxygens (including phenoxy) is 6. The zero-order chi connectivity index (χ0) is 35.3. The summed E-state index contributed by atoms with van der Waals surface area (Å²) in [7, 11) is 0. The predicted molar refractivity (Wildman–Crippen MR) is 173 cm³/mol. The number of rotatable bonds is 22. The summed E-state index contributed by atoms with van der Waals surface area (Å²) in [5, 5.41) is 70.8. The van der Waals surface area contributed by atoms with E-state index in [1.807, 2.05) is 0 Å². The minimum absolute atomic E-state index is 0.0115. The van der Waals surface area contributed by atoms with Gasteiger partial charge in [0.25, 0.3) is 0 Å². The van der Waals surface area contributed by atoms with Gasteiger partial charge in [-0.3, -0.25) is 4.79 Å². The van der Waals surface area contributed by atoms with Crippen molar-refractivity contribution in [3.05, 3.63) is 48.6 Å². The zero-order valence-corrected chi connectivity index (χ0v) is 27.9. The van der Waals surface area contributed by atoms with E-state index in [0.717, 1.165) is 38.5 Å². The molecule has 0 aromatic rings. The average Bonchev–Trinajstić information content (AvgIpc) is 3.09. The number of esters is 1. The molecule has 0 aromatic carbocycles. The van der Waals surface area contributed by atoms with Crippen molar-refractivity contribution in [3.63, 3.8) is 0 Å². The molecule has 0 aromatic heterocycles. The summed E-state index contributed by atoms with van der Waals surface area (Å²) in [4.78, 5) is 12.0. The van der Waals surface area contributed by atoms with Crippen molar-refractivity contribution in [1.82, 2.24) is 0 Å². The number of aliphatic hydroxyl groups excluding tert-OH is 7. The summed E-state index contributed by atoms with van der Waals surface area (Å²) >= 11 is 0. The zero-order valence-electron chi connectivity index (χ0n) is 27.9. The van der Waals surface area contributed by atoms with Gasteiger partial charge in [0.05, 0.1) is 26.4 Å². The second-order valence-electron chi connectivity index (χ2n) is 11.6. The number of allylic oxidation sites excluding steroid dienone is 8. The molecule has 7 N–H and O–H groups in total. The van der Waals surface area contributed by atoms with Crippen molar-refractivity contribution < 1.29 is 69.0 Å². The van der Waals surface area contributed by atoms with Crippen molar-refractivity contribution in [3.8, 4) is 0 Å². The number of carbonyl (C=O) groups excluding carboxylic acids is 1. The highest BCUT2D eigenvalue weighted by Crippen LogP contribution is 2.26. The molecule has 2 aliphatic heterocycles. The lowest BCUT2D eigenvalue weighted by Gasteiger charge is -2.42. The van der Waals surface area contributed by atoms with Crippen LogP contribution in [0.3, 0.4) is 0 Å². The van der Waals surface area contributed by atoms with Gasteiger partial charge in [0.2, 0.25) is 0 Å². The first-order valence-electron chi connectivity index (χ1n) is 16.7. The van der Waals surface area contributed by atoms with Crippen LogP contribution < -0.4 is 0 Å². The molecule has 14 nitrogen and oxygen atoms in total. The van der Waals surface area contributed by atoms with Gasteiger partial charge in [0, 0.05) is 13.0 Å². The maximum Gasteiger partial charge on any atom is 0.305 e. The number of hydrogen-bond acceptors (Lipinski definition) is 14. The summed E-state index contributed by atoms with van der Waals surface area (Å²) in [5.41, 5.74) is 0. The largest absolute Gasteiger partial charge is 0.457 e. The van der Waals surface area contributed by atoms with E-state index in [0.29, 0.717) is 6.61 Å². The van der Waals surface area contributed by atoms with E-state index in [1.165, 1.54) is 0 Å². The van der Waals surface area contributed by atoms with Crippen molar-refractivity contribution in [2.24, 2.45) is 0 Å². The topological polar surface area (TPSA) is 214 Å². The molecule has 0 amide bonds. The normalized spacial score (nSPS) is 32.2. The van der Waals surface area contributed by atoms with E-state index in [-0.39, 0.29) is 19.6 Å². The smallest absolute Gasteiger partial charge is 0.305 e. The molecular formula is C34H56O14. The van der Waals surface area contributed by atoms with Crippen LogP contribution >= 0.6 is 0 Å². The fourth-order valence-electron chi connectivity index (χ4n) is 4.79. The molecule has 0 bridgehead atoms. The van der Waals surface area contributed by atoms with Gasteiger partial charge in [0.15, 0.2) is 12.6 Å². The average molecular weight is 689 g/mol. The summed E-state index contributed by atoms with van der Waals surface area (Å²) < 4.78 is 33.1. The van der Waals surface area contributed by atoms with E-state index in [4.69, 9.17) is 28.4 Å². The van der Waals surface area contributed by atoms with Crippen LogP contribution in [0.2, 0.25) is 0 Å². The standard InChI is InChI=1S/C34H56O14/c1-3-5-6-7-8-9-10-11-12-13-14-15-16-17-18-43-20-23(46-26(36)4-2)21-44-33-32(42)30(40)28(38)25(48-33)22-45-34-31(41)29(39)27(37)24(19-35)47-34/h5-6,8-9,11-12,14-15,23-25,27-35,37-42H,3-4,7,10,13,16-22H2,1-2H3/b6-5-,9-8-,12-11-,15-14-. The minimum atomic E-state index is -1.71.